The maximum atomic E-state index is 13.5. The number of halogens is 6. The Morgan fingerprint density at radius 1 is 0.907 bits per heavy atom. The molecule has 43 heavy (non-hydrogen) atoms. The summed E-state index contributed by atoms with van der Waals surface area (Å²) in [6.07, 6.45) is -9.03. The van der Waals surface area contributed by atoms with Gasteiger partial charge in [-0.05, 0) is 48.9 Å². The Bertz CT molecular complexity index is 1580. The van der Waals surface area contributed by atoms with E-state index in [0.29, 0.717) is 23.5 Å². The molecule has 1 N–H and O–H groups in total. The number of nitrogens with zero attached hydrogens (tertiary/aromatic N) is 3. The van der Waals surface area contributed by atoms with Crippen molar-refractivity contribution in [2.75, 3.05) is 11.9 Å². The number of hydrogen-bond donors (Lipinski definition) is 1. The highest BCUT2D eigenvalue weighted by Gasteiger charge is 2.38. The molecule has 7 nitrogen and oxygen atoms in total. The molecule has 2 heterocycles. The molecule has 0 bridgehead atoms. The molecule has 0 aliphatic heterocycles. The SMILES string of the molecule is Cc1ccccc1-n1nc(C(C)(C)C)cc1NC(=O)CN(Cc1ccco1)C(=O)c1cc(C(F)(F)F)cc(C(F)(F)F)c1. The quantitative estimate of drug-likeness (QED) is 0.223. The summed E-state index contributed by atoms with van der Waals surface area (Å²) in [6.45, 7) is 6.51. The van der Waals surface area contributed by atoms with Crippen LogP contribution >= 0.6 is 0 Å². The molecule has 4 aromatic rings. The molecular weight excluding hydrogens is 578 g/mol. The van der Waals surface area contributed by atoms with Gasteiger partial charge in [0, 0.05) is 17.0 Å². The molecule has 0 unspecified atom stereocenters. The Labute approximate surface area is 243 Å². The van der Waals surface area contributed by atoms with Crippen molar-refractivity contribution < 1.29 is 40.3 Å². The molecule has 0 spiro atoms. The number of hydrogen-bond acceptors (Lipinski definition) is 4. The van der Waals surface area contributed by atoms with Crippen molar-refractivity contribution in [2.24, 2.45) is 0 Å². The second-order valence-electron chi connectivity index (χ2n) is 10.9. The van der Waals surface area contributed by atoms with Gasteiger partial charge in [-0.3, -0.25) is 9.59 Å². The molecule has 0 aliphatic rings. The number of amides is 2. The fraction of sp³-hybridized carbons (Fsp3) is 0.300. The molecule has 2 amide bonds. The molecule has 228 valence electrons. The van der Waals surface area contributed by atoms with Gasteiger partial charge in [-0.15, -0.1) is 0 Å². The maximum Gasteiger partial charge on any atom is 0.416 e. The number of aryl methyl sites for hydroxylation is 1. The summed E-state index contributed by atoms with van der Waals surface area (Å²) in [5.41, 5.74) is -2.44. The van der Waals surface area contributed by atoms with Crippen LogP contribution in [0.3, 0.4) is 0 Å². The van der Waals surface area contributed by atoms with Gasteiger partial charge in [0.1, 0.15) is 18.1 Å². The fourth-order valence-electron chi connectivity index (χ4n) is 4.23. The minimum Gasteiger partial charge on any atom is -0.467 e. The number of aromatic nitrogens is 2. The van der Waals surface area contributed by atoms with Crippen molar-refractivity contribution in [1.82, 2.24) is 14.7 Å². The van der Waals surface area contributed by atoms with Crippen molar-refractivity contribution in [1.29, 1.82) is 0 Å². The highest BCUT2D eigenvalue weighted by molar-refractivity contribution is 5.99. The minimum atomic E-state index is -5.15. The van der Waals surface area contributed by atoms with Gasteiger partial charge in [0.25, 0.3) is 5.91 Å². The highest BCUT2D eigenvalue weighted by atomic mass is 19.4. The number of carbonyl (C=O) groups is 2. The normalized spacial score (nSPS) is 12.3. The van der Waals surface area contributed by atoms with Crippen molar-refractivity contribution >= 4 is 17.6 Å². The summed E-state index contributed by atoms with van der Waals surface area (Å²) in [5, 5.41) is 7.34. The van der Waals surface area contributed by atoms with Gasteiger partial charge in [-0.25, -0.2) is 4.68 Å². The lowest BCUT2D eigenvalue weighted by Crippen LogP contribution is -2.38. The van der Waals surface area contributed by atoms with Crippen molar-refractivity contribution in [3.05, 3.63) is 101 Å². The number of para-hydroxylation sites is 1. The zero-order valence-corrected chi connectivity index (χ0v) is 23.6. The zero-order valence-electron chi connectivity index (χ0n) is 23.6. The first-order valence-corrected chi connectivity index (χ1v) is 13.0. The maximum absolute atomic E-state index is 13.5. The Kier molecular flexibility index (Phi) is 8.48. The third kappa shape index (κ3) is 7.46. The summed E-state index contributed by atoms with van der Waals surface area (Å²) < 4.78 is 87.6. The van der Waals surface area contributed by atoms with Crippen molar-refractivity contribution in [3.63, 3.8) is 0 Å². The molecule has 0 radical (unpaired) electrons. The molecule has 4 rings (SSSR count). The van der Waals surface area contributed by atoms with Gasteiger partial charge in [0.15, 0.2) is 0 Å². The summed E-state index contributed by atoms with van der Waals surface area (Å²) in [4.78, 5) is 27.6. The first-order chi connectivity index (χ1) is 19.9. The average molecular weight is 607 g/mol. The summed E-state index contributed by atoms with van der Waals surface area (Å²) in [6, 6.07) is 12.5. The van der Waals surface area contributed by atoms with E-state index in [2.05, 4.69) is 10.4 Å². The van der Waals surface area contributed by atoms with Crippen LogP contribution in [0.1, 0.15) is 59.3 Å². The molecule has 0 aliphatic carbocycles. The van der Waals surface area contributed by atoms with Gasteiger partial charge in [-0.1, -0.05) is 39.0 Å². The second-order valence-corrected chi connectivity index (χ2v) is 10.9. The molecule has 0 saturated heterocycles. The smallest absolute Gasteiger partial charge is 0.416 e. The van der Waals surface area contributed by atoms with Crippen LogP contribution in [0.2, 0.25) is 0 Å². The summed E-state index contributed by atoms with van der Waals surface area (Å²) in [7, 11) is 0. The van der Waals surface area contributed by atoms with Crippen LogP contribution < -0.4 is 5.32 Å². The van der Waals surface area contributed by atoms with Gasteiger partial charge >= 0.3 is 12.4 Å². The standard InChI is InChI=1S/C30H28F6N4O3/c1-18-8-5-6-10-23(18)40-25(15-24(38-40)28(2,3)4)37-26(41)17-39(16-22-9-7-11-43-22)27(42)19-12-20(29(31,32)33)14-21(13-19)30(34,35)36/h5-15H,16-17H2,1-4H3,(H,37,41). The van der Waals surface area contributed by atoms with E-state index in [1.807, 2.05) is 39.8 Å². The van der Waals surface area contributed by atoms with E-state index in [1.54, 1.807) is 18.2 Å². The van der Waals surface area contributed by atoms with Crippen LogP contribution in [0.4, 0.5) is 32.2 Å². The lowest BCUT2D eigenvalue weighted by molar-refractivity contribution is -0.143. The molecule has 2 aromatic carbocycles. The Morgan fingerprint density at radius 2 is 1.53 bits per heavy atom. The molecule has 0 saturated carbocycles. The predicted molar refractivity (Wildman–Crippen MR) is 146 cm³/mol. The lowest BCUT2D eigenvalue weighted by atomic mass is 9.92. The van der Waals surface area contributed by atoms with E-state index in [-0.39, 0.29) is 17.6 Å². The molecule has 0 atom stereocenters. The van der Waals surface area contributed by atoms with E-state index in [1.165, 1.54) is 23.1 Å². The number of benzene rings is 2. The number of nitrogens with one attached hydrogen (secondary N) is 1. The van der Waals surface area contributed by atoms with Crippen LogP contribution in [-0.4, -0.2) is 33.0 Å². The van der Waals surface area contributed by atoms with E-state index in [0.717, 1.165) is 10.5 Å². The molecule has 0 fully saturated rings. The number of carbonyl (C=O) groups excluding carboxylic acids is 2. The highest BCUT2D eigenvalue weighted by Crippen LogP contribution is 2.37. The van der Waals surface area contributed by atoms with Crippen LogP contribution in [0.25, 0.3) is 5.69 Å². The van der Waals surface area contributed by atoms with Crippen LogP contribution in [-0.2, 0) is 29.1 Å². The van der Waals surface area contributed by atoms with E-state index < -0.39 is 59.4 Å². The van der Waals surface area contributed by atoms with Crippen molar-refractivity contribution in [2.45, 2.75) is 52.0 Å². The van der Waals surface area contributed by atoms with Crippen LogP contribution in [0.15, 0.2) is 71.3 Å². The van der Waals surface area contributed by atoms with Crippen molar-refractivity contribution in [3.8, 4) is 5.69 Å². The topological polar surface area (TPSA) is 80.4 Å². The van der Waals surface area contributed by atoms with Gasteiger partial charge in [-0.2, -0.15) is 31.4 Å². The van der Waals surface area contributed by atoms with Gasteiger partial charge in [0.05, 0.1) is 35.3 Å². The summed E-state index contributed by atoms with van der Waals surface area (Å²) >= 11 is 0. The second kappa shape index (κ2) is 11.6. The lowest BCUT2D eigenvalue weighted by Gasteiger charge is -2.23. The molecule has 13 heteroatoms. The van der Waals surface area contributed by atoms with Gasteiger partial charge in [0.2, 0.25) is 5.91 Å². The number of rotatable bonds is 7. The number of anilines is 1. The van der Waals surface area contributed by atoms with E-state index in [9.17, 15) is 35.9 Å². The number of furan rings is 1. The zero-order chi connectivity index (χ0) is 31.7. The number of alkyl halides is 6. The Morgan fingerprint density at radius 3 is 2.07 bits per heavy atom. The Hall–Kier alpha value is -4.55. The first-order valence-electron chi connectivity index (χ1n) is 13.0. The monoisotopic (exact) mass is 606 g/mol. The van der Waals surface area contributed by atoms with Crippen LogP contribution in [0.5, 0.6) is 0 Å². The Balaban J connectivity index is 1.70. The average Bonchev–Trinajstić information content (AvgIpc) is 3.57. The fourth-order valence-corrected chi connectivity index (χ4v) is 4.23. The third-order valence-electron chi connectivity index (χ3n) is 6.47. The van der Waals surface area contributed by atoms with Crippen LogP contribution in [0, 0.1) is 6.92 Å². The van der Waals surface area contributed by atoms with E-state index in [4.69, 9.17) is 4.42 Å². The predicted octanol–water partition coefficient (Wildman–Crippen LogP) is 7.39. The molecule has 2 aromatic heterocycles. The van der Waals surface area contributed by atoms with E-state index >= 15 is 0 Å². The third-order valence-corrected chi connectivity index (χ3v) is 6.47. The molecular formula is C30H28F6N4O3. The van der Waals surface area contributed by atoms with Gasteiger partial charge < -0.3 is 14.6 Å². The summed E-state index contributed by atoms with van der Waals surface area (Å²) in [5.74, 6) is -1.58. The first kappa shape index (κ1) is 31.4. The largest absolute Gasteiger partial charge is 0.467 e. The minimum absolute atomic E-state index is 0.0696.